The van der Waals surface area contributed by atoms with Crippen LogP contribution in [0.4, 0.5) is 15.9 Å². The summed E-state index contributed by atoms with van der Waals surface area (Å²) in [5.74, 6) is 0.667. The van der Waals surface area contributed by atoms with E-state index < -0.39 is 0 Å². The molecule has 0 bridgehead atoms. The first kappa shape index (κ1) is 14.0. The number of benzene rings is 1. The minimum atomic E-state index is -0.231. The number of nitrogens with zero attached hydrogens (tertiary/aromatic N) is 3. The van der Waals surface area contributed by atoms with Gasteiger partial charge >= 0.3 is 0 Å². The van der Waals surface area contributed by atoms with Crippen molar-refractivity contribution in [1.29, 1.82) is 0 Å². The molecule has 2 heterocycles. The number of anilines is 2. The summed E-state index contributed by atoms with van der Waals surface area (Å²) in [6.45, 7) is 3.72. The standard InChI is InChI=1S/C15H17FN4S/c1-3-17-10-13-14(18-15-20(13)8-9-21-15)19(2)12-6-4-11(16)5-7-12/h4-9,17H,3,10H2,1-2H3. The highest BCUT2D eigenvalue weighted by molar-refractivity contribution is 7.15. The number of halogens is 1. The molecule has 0 aliphatic heterocycles. The molecule has 0 amide bonds. The summed E-state index contributed by atoms with van der Waals surface area (Å²) < 4.78 is 15.2. The molecule has 0 fully saturated rings. The second kappa shape index (κ2) is 5.83. The Kier molecular flexibility index (Phi) is 3.90. The maximum Gasteiger partial charge on any atom is 0.195 e. The lowest BCUT2D eigenvalue weighted by molar-refractivity contribution is 0.628. The van der Waals surface area contributed by atoms with Gasteiger partial charge in [0.15, 0.2) is 10.8 Å². The van der Waals surface area contributed by atoms with Crippen molar-refractivity contribution in [2.75, 3.05) is 18.5 Å². The van der Waals surface area contributed by atoms with Crippen molar-refractivity contribution >= 4 is 27.8 Å². The summed E-state index contributed by atoms with van der Waals surface area (Å²) in [6, 6.07) is 6.46. The molecule has 0 unspecified atom stereocenters. The van der Waals surface area contributed by atoms with Crippen LogP contribution < -0.4 is 10.2 Å². The van der Waals surface area contributed by atoms with Crippen LogP contribution in [0, 0.1) is 5.82 Å². The number of aromatic nitrogens is 2. The molecule has 4 nitrogen and oxygen atoms in total. The zero-order valence-electron chi connectivity index (χ0n) is 12.0. The third kappa shape index (κ3) is 2.64. The number of fused-ring (bicyclic) bond motifs is 1. The normalized spacial score (nSPS) is 11.2. The van der Waals surface area contributed by atoms with Crippen molar-refractivity contribution in [2.45, 2.75) is 13.5 Å². The Hall–Kier alpha value is -1.92. The van der Waals surface area contributed by atoms with Crippen LogP contribution in [0.5, 0.6) is 0 Å². The zero-order valence-corrected chi connectivity index (χ0v) is 12.8. The summed E-state index contributed by atoms with van der Waals surface area (Å²) in [7, 11) is 1.95. The summed E-state index contributed by atoms with van der Waals surface area (Å²) >= 11 is 1.61. The van der Waals surface area contributed by atoms with Gasteiger partial charge in [0.2, 0.25) is 0 Å². The van der Waals surface area contributed by atoms with Gasteiger partial charge < -0.3 is 10.2 Å². The number of rotatable bonds is 5. The van der Waals surface area contributed by atoms with E-state index >= 15 is 0 Å². The highest BCUT2D eigenvalue weighted by atomic mass is 32.1. The predicted molar refractivity (Wildman–Crippen MR) is 84.9 cm³/mol. The van der Waals surface area contributed by atoms with Gasteiger partial charge in [0.1, 0.15) is 5.82 Å². The van der Waals surface area contributed by atoms with Crippen LogP contribution in [-0.4, -0.2) is 23.0 Å². The van der Waals surface area contributed by atoms with Crippen molar-refractivity contribution in [2.24, 2.45) is 0 Å². The van der Waals surface area contributed by atoms with E-state index in [0.717, 1.165) is 35.2 Å². The maximum absolute atomic E-state index is 13.1. The van der Waals surface area contributed by atoms with E-state index in [-0.39, 0.29) is 5.82 Å². The minimum Gasteiger partial charge on any atom is -0.328 e. The van der Waals surface area contributed by atoms with Gasteiger partial charge in [0.25, 0.3) is 0 Å². The van der Waals surface area contributed by atoms with Crippen molar-refractivity contribution in [1.82, 2.24) is 14.7 Å². The van der Waals surface area contributed by atoms with Crippen LogP contribution in [0.3, 0.4) is 0 Å². The molecule has 1 aromatic carbocycles. The fourth-order valence-corrected chi connectivity index (χ4v) is 3.01. The van der Waals surface area contributed by atoms with Crippen LogP contribution in [0.15, 0.2) is 35.8 Å². The van der Waals surface area contributed by atoms with E-state index in [2.05, 4.69) is 16.6 Å². The van der Waals surface area contributed by atoms with E-state index in [0.29, 0.717) is 0 Å². The third-order valence-corrected chi connectivity index (χ3v) is 4.17. The van der Waals surface area contributed by atoms with Crippen molar-refractivity contribution in [3.05, 3.63) is 47.4 Å². The first-order valence-electron chi connectivity index (χ1n) is 6.85. The smallest absolute Gasteiger partial charge is 0.195 e. The lowest BCUT2D eigenvalue weighted by Crippen LogP contribution is -2.18. The average molecular weight is 304 g/mol. The van der Waals surface area contributed by atoms with Gasteiger partial charge in [-0.05, 0) is 30.8 Å². The first-order valence-corrected chi connectivity index (χ1v) is 7.73. The molecular weight excluding hydrogens is 287 g/mol. The van der Waals surface area contributed by atoms with E-state index in [1.807, 2.05) is 23.5 Å². The second-order valence-electron chi connectivity index (χ2n) is 4.75. The van der Waals surface area contributed by atoms with Crippen molar-refractivity contribution in [3.63, 3.8) is 0 Å². The molecule has 3 rings (SSSR count). The quantitative estimate of drug-likeness (QED) is 0.784. The Balaban J connectivity index is 2.01. The lowest BCUT2D eigenvalue weighted by atomic mass is 10.2. The molecule has 2 aromatic heterocycles. The molecule has 3 aromatic rings. The largest absolute Gasteiger partial charge is 0.328 e. The number of hydrogen-bond acceptors (Lipinski definition) is 4. The minimum absolute atomic E-state index is 0.231. The van der Waals surface area contributed by atoms with Gasteiger partial charge in [-0.3, -0.25) is 4.40 Å². The molecule has 110 valence electrons. The molecule has 0 saturated heterocycles. The van der Waals surface area contributed by atoms with Gasteiger partial charge in [-0.1, -0.05) is 6.92 Å². The van der Waals surface area contributed by atoms with Crippen molar-refractivity contribution in [3.8, 4) is 0 Å². The summed E-state index contributed by atoms with van der Waals surface area (Å²) in [5, 5.41) is 5.37. The van der Waals surface area contributed by atoms with Gasteiger partial charge in [-0.2, -0.15) is 0 Å². The zero-order chi connectivity index (χ0) is 14.8. The molecule has 21 heavy (non-hydrogen) atoms. The summed E-state index contributed by atoms with van der Waals surface area (Å²) in [6.07, 6.45) is 2.03. The van der Waals surface area contributed by atoms with Crippen LogP contribution in [0.1, 0.15) is 12.6 Å². The topological polar surface area (TPSA) is 32.6 Å². The number of nitrogens with one attached hydrogen (secondary N) is 1. The molecule has 0 aliphatic carbocycles. The van der Waals surface area contributed by atoms with E-state index in [9.17, 15) is 4.39 Å². The van der Waals surface area contributed by atoms with Gasteiger partial charge in [0, 0.05) is 30.9 Å². The first-order chi connectivity index (χ1) is 10.2. The molecule has 0 aliphatic rings. The molecule has 0 atom stereocenters. The average Bonchev–Trinajstić information content (AvgIpc) is 3.06. The van der Waals surface area contributed by atoms with E-state index in [1.165, 1.54) is 12.1 Å². The fraction of sp³-hybridized carbons (Fsp3) is 0.267. The monoisotopic (exact) mass is 304 g/mol. The molecule has 0 saturated carbocycles. The Morgan fingerprint density at radius 1 is 1.33 bits per heavy atom. The highest BCUT2D eigenvalue weighted by Gasteiger charge is 2.17. The number of thiazole rings is 1. The van der Waals surface area contributed by atoms with Gasteiger partial charge in [-0.25, -0.2) is 9.37 Å². The second-order valence-corrected chi connectivity index (χ2v) is 5.63. The Morgan fingerprint density at radius 3 is 2.81 bits per heavy atom. The Labute approximate surface area is 126 Å². The summed E-state index contributed by atoms with van der Waals surface area (Å²) in [5.41, 5.74) is 2.03. The van der Waals surface area contributed by atoms with Crippen LogP contribution >= 0.6 is 11.3 Å². The molecule has 0 spiro atoms. The van der Waals surface area contributed by atoms with Crippen LogP contribution in [0.25, 0.3) is 4.96 Å². The maximum atomic E-state index is 13.1. The molecule has 6 heteroatoms. The number of imidazole rings is 1. The Morgan fingerprint density at radius 2 is 2.10 bits per heavy atom. The fourth-order valence-electron chi connectivity index (χ4n) is 2.28. The highest BCUT2D eigenvalue weighted by Crippen LogP contribution is 2.29. The molecule has 0 radical (unpaired) electrons. The summed E-state index contributed by atoms with van der Waals surface area (Å²) in [4.78, 5) is 7.65. The number of hydrogen-bond donors (Lipinski definition) is 1. The predicted octanol–water partition coefficient (Wildman–Crippen LogP) is 3.41. The SMILES string of the molecule is CCNCc1c(N(C)c2ccc(F)cc2)nc2sccn12. The molecular formula is C15H17FN4S. The van der Waals surface area contributed by atoms with E-state index in [1.54, 1.807) is 23.5 Å². The lowest BCUT2D eigenvalue weighted by Gasteiger charge is -2.18. The third-order valence-electron chi connectivity index (χ3n) is 3.41. The Bertz CT molecular complexity index is 732. The van der Waals surface area contributed by atoms with Crippen molar-refractivity contribution < 1.29 is 4.39 Å². The molecule has 1 N–H and O–H groups in total. The van der Waals surface area contributed by atoms with Gasteiger partial charge in [-0.15, -0.1) is 11.3 Å². The van der Waals surface area contributed by atoms with E-state index in [4.69, 9.17) is 4.98 Å². The van der Waals surface area contributed by atoms with Crippen LogP contribution in [0.2, 0.25) is 0 Å². The van der Waals surface area contributed by atoms with Gasteiger partial charge in [0.05, 0.1) is 5.69 Å². The van der Waals surface area contributed by atoms with Crippen LogP contribution in [-0.2, 0) is 6.54 Å².